The lowest BCUT2D eigenvalue weighted by Crippen LogP contribution is -2.29. The molecular weight excluding hydrogens is 755 g/mol. The molecule has 0 atom stereocenters. The third kappa shape index (κ3) is 42.6. The van der Waals surface area contributed by atoms with Crippen LogP contribution in [0.4, 0.5) is 0 Å². The van der Waals surface area contributed by atoms with E-state index in [-0.39, 0.29) is 30.1 Å². The molecule has 0 aromatic rings. The molecule has 6 nitrogen and oxygen atoms in total. The van der Waals surface area contributed by atoms with Gasteiger partial charge in [-0.2, -0.15) is 0 Å². The first kappa shape index (κ1) is 59.9. The average molecular weight is 864 g/mol. The van der Waals surface area contributed by atoms with E-state index in [1.54, 1.807) is 0 Å². The molecule has 0 fully saturated rings. The fourth-order valence-electron chi connectivity index (χ4n) is 9.00. The molecular formula is C55H109NO5. The molecule has 0 unspecified atom stereocenters. The number of hydrogen-bond acceptors (Lipinski definition) is 6. The number of aliphatic hydroxyl groups excluding tert-OH is 1. The minimum Gasteiger partial charge on any atom is -0.465 e. The van der Waals surface area contributed by atoms with E-state index < -0.39 is 0 Å². The first-order chi connectivity index (χ1) is 29.7. The van der Waals surface area contributed by atoms with Gasteiger partial charge in [0.15, 0.2) is 0 Å². The van der Waals surface area contributed by atoms with Crippen molar-refractivity contribution in [1.82, 2.24) is 4.90 Å². The van der Waals surface area contributed by atoms with Gasteiger partial charge in [-0.05, 0) is 88.6 Å². The molecule has 0 aliphatic carbocycles. The second kappa shape index (κ2) is 45.4. The van der Waals surface area contributed by atoms with Crippen LogP contribution in [0.1, 0.15) is 292 Å². The van der Waals surface area contributed by atoms with E-state index in [4.69, 9.17) is 9.47 Å². The lowest BCUT2D eigenvalue weighted by Gasteiger charge is -2.25. The maximum atomic E-state index is 12.8. The zero-order valence-corrected chi connectivity index (χ0v) is 42.3. The predicted octanol–water partition coefficient (Wildman–Crippen LogP) is 16.7. The topological polar surface area (TPSA) is 76.1 Å². The number of rotatable bonds is 49. The maximum absolute atomic E-state index is 12.8. The largest absolute Gasteiger partial charge is 0.465 e. The van der Waals surface area contributed by atoms with Gasteiger partial charge in [0.2, 0.25) is 0 Å². The van der Waals surface area contributed by atoms with Gasteiger partial charge in [0.1, 0.15) is 6.10 Å². The molecule has 61 heavy (non-hydrogen) atoms. The molecule has 0 radical (unpaired) electrons. The fraction of sp³-hybridized carbons (Fsp3) is 0.964. The van der Waals surface area contributed by atoms with Crippen LogP contribution in [0.5, 0.6) is 0 Å². The molecule has 0 saturated heterocycles. The van der Waals surface area contributed by atoms with Gasteiger partial charge in [-0.25, -0.2) is 0 Å². The van der Waals surface area contributed by atoms with E-state index in [9.17, 15) is 14.7 Å². The molecule has 0 aromatic carbocycles. The summed E-state index contributed by atoms with van der Waals surface area (Å²) in [6.07, 6.45) is 46.9. The van der Waals surface area contributed by atoms with Crippen LogP contribution in [-0.4, -0.2) is 60.9 Å². The number of ether oxygens (including phenoxy) is 2. The van der Waals surface area contributed by atoms with Crippen molar-refractivity contribution >= 4 is 11.9 Å². The Hall–Kier alpha value is -1.14. The van der Waals surface area contributed by atoms with E-state index in [1.807, 2.05) is 0 Å². The number of aliphatic hydroxyl groups is 1. The number of carbonyl (C=O) groups excluding carboxylic acids is 2. The van der Waals surface area contributed by atoms with Crippen molar-refractivity contribution in [2.75, 3.05) is 32.8 Å². The minimum absolute atomic E-state index is 0.000458. The summed E-state index contributed by atoms with van der Waals surface area (Å²) in [6.45, 7) is 17.1. The van der Waals surface area contributed by atoms with E-state index >= 15 is 0 Å². The Kier molecular flexibility index (Phi) is 44.6. The summed E-state index contributed by atoms with van der Waals surface area (Å²) in [7, 11) is 0. The smallest absolute Gasteiger partial charge is 0.306 e. The van der Waals surface area contributed by atoms with E-state index in [2.05, 4.69) is 46.4 Å². The van der Waals surface area contributed by atoms with Crippen LogP contribution >= 0.6 is 0 Å². The third-order valence-electron chi connectivity index (χ3n) is 13.2. The predicted molar refractivity (Wildman–Crippen MR) is 264 cm³/mol. The number of carbonyl (C=O) groups is 2. The highest BCUT2D eigenvalue weighted by atomic mass is 16.5. The van der Waals surface area contributed by atoms with Crippen molar-refractivity contribution in [2.45, 2.75) is 298 Å². The summed E-state index contributed by atoms with van der Waals surface area (Å²) in [5.41, 5.74) is 0.000458. The van der Waals surface area contributed by atoms with Crippen LogP contribution in [0.15, 0.2) is 0 Å². The highest BCUT2D eigenvalue weighted by Crippen LogP contribution is 2.26. The molecule has 0 heterocycles. The molecule has 1 N–H and O–H groups in total. The van der Waals surface area contributed by atoms with E-state index in [1.165, 1.54) is 167 Å². The van der Waals surface area contributed by atoms with Crippen molar-refractivity contribution in [2.24, 2.45) is 11.3 Å². The van der Waals surface area contributed by atoms with Gasteiger partial charge < -0.3 is 19.5 Å². The highest BCUT2D eigenvalue weighted by Gasteiger charge is 2.21. The van der Waals surface area contributed by atoms with Crippen LogP contribution in [0.2, 0.25) is 0 Å². The average Bonchev–Trinajstić information content (AvgIpc) is 3.24. The molecule has 0 aliphatic rings. The normalized spacial score (nSPS) is 12.0. The molecule has 0 aliphatic heterocycles. The Balaban J connectivity index is 4.28. The second-order valence-corrected chi connectivity index (χ2v) is 20.1. The molecule has 0 spiro atoms. The lowest BCUT2D eigenvalue weighted by atomic mass is 9.88. The maximum Gasteiger partial charge on any atom is 0.306 e. The van der Waals surface area contributed by atoms with Crippen molar-refractivity contribution in [1.29, 1.82) is 0 Å². The first-order valence-electron chi connectivity index (χ1n) is 27.4. The fourth-order valence-corrected chi connectivity index (χ4v) is 9.00. The van der Waals surface area contributed by atoms with Crippen molar-refractivity contribution in [3.05, 3.63) is 0 Å². The molecule has 6 heteroatoms. The van der Waals surface area contributed by atoms with E-state index in [0.29, 0.717) is 19.4 Å². The zero-order chi connectivity index (χ0) is 44.9. The van der Waals surface area contributed by atoms with Crippen LogP contribution in [0.25, 0.3) is 0 Å². The van der Waals surface area contributed by atoms with Crippen molar-refractivity contribution in [3.8, 4) is 0 Å². The summed E-state index contributed by atoms with van der Waals surface area (Å²) in [5, 5.41) is 9.70. The van der Waals surface area contributed by atoms with Gasteiger partial charge in [-0.1, -0.05) is 215 Å². The van der Waals surface area contributed by atoms with Gasteiger partial charge >= 0.3 is 11.9 Å². The molecule has 0 aromatic heterocycles. The van der Waals surface area contributed by atoms with Crippen molar-refractivity contribution in [3.63, 3.8) is 0 Å². The monoisotopic (exact) mass is 864 g/mol. The Labute approximate surface area is 382 Å². The third-order valence-corrected chi connectivity index (χ3v) is 13.2. The molecule has 0 rings (SSSR count). The summed E-state index contributed by atoms with van der Waals surface area (Å²) in [5.74, 6) is 0.773. The van der Waals surface area contributed by atoms with Gasteiger partial charge in [0, 0.05) is 19.4 Å². The van der Waals surface area contributed by atoms with Gasteiger partial charge in [-0.15, -0.1) is 0 Å². The second-order valence-electron chi connectivity index (χ2n) is 20.1. The molecule has 0 bridgehead atoms. The number of unbranched alkanes of at least 4 members (excludes halogenated alkanes) is 24. The van der Waals surface area contributed by atoms with Crippen LogP contribution < -0.4 is 0 Å². The highest BCUT2D eigenvalue weighted by molar-refractivity contribution is 5.69. The SMILES string of the molecule is CCCCCCCCCC(CCCCCCCCC)OC(=O)CCCCCCCN(CCO)CCCCCC(C)(C)COC(=O)CCCC(CCCCCC)CCCCCC. The zero-order valence-electron chi connectivity index (χ0n) is 42.3. The number of esters is 2. The summed E-state index contributed by atoms with van der Waals surface area (Å²) in [4.78, 5) is 27.9. The Bertz CT molecular complexity index is 894. The Morgan fingerprint density at radius 1 is 0.459 bits per heavy atom. The number of hydrogen-bond donors (Lipinski definition) is 1. The van der Waals surface area contributed by atoms with Crippen LogP contribution in [0.3, 0.4) is 0 Å². The minimum atomic E-state index is -0.0160. The molecule has 364 valence electrons. The standard InChI is InChI=1S/C55H109NO5/c1-7-11-15-19-21-24-31-41-52(42-32-25-22-20-16-12-8-2)61-54(59)43-33-26-23-27-35-46-56(48-49-57)47-36-28-34-45-55(5,6)50-60-53(58)44-37-40-51(38-29-17-13-9-3)39-30-18-14-10-4/h51-52,57H,7-50H2,1-6H3. The molecule has 0 saturated carbocycles. The van der Waals surface area contributed by atoms with Gasteiger partial charge in [0.25, 0.3) is 0 Å². The van der Waals surface area contributed by atoms with Gasteiger partial charge in [-0.3, -0.25) is 9.59 Å². The molecule has 0 amide bonds. The van der Waals surface area contributed by atoms with Crippen LogP contribution in [-0.2, 0) is 19.1 Å². The Morgan fingerprint density at radius 2 is 0.852 bits per heavy atom. The summed E-state index contributed by atoms with van der Waals surface area (Å²) in [6, 6.07) is 0. The quantitative estimate of drug-likeness (QED) is 0.0485. The lowest BCUT2D eigenvalue weighted by molar-refractivity contribution is -0.150. The summed E-state index contributed by atoms with van der Waals surface area (Å²) < 4.78 is 11.9. The van der Waals surface area contributed by atoms with Gasteiger partial charge in [0.05, 0.1) is 13.2 Å². The first-order valence-corrected chi connectivity index (χ1v) is 27.4. The Morgan fingerprint density at radius 3 is 1.36 bits per heavy atom. The van der Waals surface area contributed by atoms with Crippen molar-refractivity contribution < 1.29 is 24.2 Å². The van der Waals surface area contributed by atoms with E-state index in [0.717, 1.165) is 96.2 Å². The summed E-state index contributed by atoms with van der Waals surface area (Å²) >= 11 is 0. The van der Waals surface area contributed by atoms with Crippen LogP contribution in [0, 0.1) is 11.3 Å². The number of nitrogens with zero attached hydrogens (tertiary/aromatic N) is 1.